The second-order valence-electron chi connectivity index (χ2n) is 11.8. The number of benzene rings is 2. The van der Waals surface area contributed by atoms with Crippen LogP contribution >= 0.6 is 35.1 Å². The van der Waals surface area contributed by atoms with Crippen LogP contribution in [0, 0.1) is 17.5 Å². The van der Waals surface area contributed by atoms with E-state index in [2.05, 4.69) is 50.5 Å². The maximum Gasteiger partial charge on any atom is 0.222 e. The number of nitrogens with zero attached hydrogens (tertiary/aromatic N) is 8. The predicted molar refractivity (Wildman–Crippen MR) is 220 cm³/mol. The Morgan fingerprint density at radius 2 is 0.828 bits per heavy atom. The van der Waals surface area contributed by atoms with Gasteiger partial charge in [-0.05, 0) is 72.8 Å². The first-order valence-corrected chi connectivity index (χ1v) is 19.0. The number of hydrogen-bond acceptors (Lipinski definition) is 14. The third-order valence-corrected chi connectivity index (χ3v) is 10.4. The van der Waals surface area contributed by atoms with Crippen LogP contribution in [-0.4, -0.2) is 39.9 Å². The summed E-state index contributed by atoms with van der Waals surface area (Å²) in [5.74, 6) is -0.951. The van der Waals surface area contributed by atoms with Crippen LogP contribution in [0.25, 0.3) is 22.5 Å². The summed E-state index contributed by atoms with van der Waals surface area (Å²) in [4.78, 5) is 34.2. The maximum absolute atomic E-state index is 14.7. The SMILES string of the molecule is Nc1nc(Nc2cc(F)c(Sc3ccncc3)c(Cl)c2)cc(-c2ccncc2)n1.Nc1nc(Nc2cc(F)c(Sc3ccncc3)c(F)c2)cc(-c2ccncc2)n1. The van der Waals surface area contributed by atoms with Gasteiger partial charge in [0.15, 0.2) is 0 Å². The molecule has 0 aliphatic carbocycles. The van der Waals surface area contributed by atoms with E-state index >= 15 is 0 Å². The van der Waals surface area contributed by atoms with Crippen LogP contribution in [0.4, 0.5) is 48.1 Å². The highest BCUT2D eigenvalue weighted by Crippen LogP contribution is 2.38. The van der Waals surface area contributed by atoms with Crippen LogP contribution in [0.5, 0.6) is 0 Å². The number of halogens is 4. The van der Waals surface area contributed by atoms with Crippen LogP contribution in [0.2, 0.25) is 5.02 Å². The monoisotopic (exact) mass is 832 g/mol. The van der Waals surface area contributed by atoms with Crippen molar-refractivity contribution in [2.24, 2.45) is 0 Å². The van der Waals surface area contributed by atoms with Gasteiger partial charge in [-0.2, -0.15) is 9.97 Å². The van der Waals surface area contributed by atoms with Crippen molar-refractivity contribution in [3.63, 3.8) is 0 Å². The van der Waals surface area contributed by atoms with Crippen molar-refractivity contribution in [1.29, 1.82) is 0 Å². The zero-order valence-electron chi connectivity index (χ0n) is 29.8. The lowest BCUT2D eigenvalue weighted by Crippen LogP contribution is -2.02. The van der Waals surface area contributed by atoms with E-state index in [1.807, 2.05) is 12.1 Å². The van der Waals surface area contributed by atoms with Crippen LogP contribution in [0.1, 0.15) is 0 Å². The highest BCUT2D eigenvalue weighted by molar-refractivity contribution is 7.99. The standard InChI is InChI=1S/C20H14ClFN6S.C20H14F2N6S/c2*21-15-9-13(10-16(22)19(15)29-14-3-7-25-8-4-14)26-18-11-17(27-20(23)28-18)12-1-5-24-6-2-12/h2*1-11H,(H3,23,26,27,28). The molecule has 2 aromatic carbocycles. The second-order valence-corrected chi connectivity index (χ2v) is 14.4. The van der Waals surface area contributed by atoms with E-state index < -0.39 is 17.5 Å². The number of nitrogens with one attached hydrogen (secondary N) is 2. The van der Waals surface area contributed by atoms with Gasteiger partial charge in [0.1, 0.15) is 29.1 Å². The maximum atomic E-state index is 14.7. The summed E-state index contributed by atoms with van der Waals surface area (Å²) >= 11 is 8.55. The van der Waals surface area contributed by atoms with Gasteiger partial charge in [-0.25, -0.2) is 23.1 Å². The summed E-state index contributed by atoms with van der Waals surface area (Å²) in [6, 6.07) is 22.9. The number of pyridine rings is 4. The molecule has 0 unspecified atom stereocenters. The van der Waals surface area contributed by atoms with E-state index in [1.54, 1.807) is 104 Å². The molecule has 0 aliphatic rings. The molecule has 6 aromatic heterocycles. The second kappa shape index (κ2) is 18.4. The van der Waals surface area contributed by atoms with Gasteiger partial charge in [0.05, 0.1) is 26.2 Å². The fourth-order valence-electron chi connectivity index (χ4n) is 5.20. The number of nitrogen functional groups attached to an aromatic ring is 2. The molecule has 0 aliphatic heterocycles. The fraction of sp³-hybridized carbons (Fsp3) is 0. The van der Waals surface area contributed by atoms with Crippen molar-refractivity contribution in [1.82, 2.24) is 39.9 Å². The number of aromatic nitrogens is 8. The van der Waals surface area contributed by atoms with E-state index in [0.717, 1.165) is 27.8 Å². The minimum absolute atomic E-state index is 0.0348. The first-order chi connectivity index (χ1) is 28.2. The van der Waals surface area contributed by atoms with Gasteiger partial charge >= 0.3 is 0 Å². The van der Waals surface area contributed by atoms with Crippen LogP contribution < -0.4 is 22.1 Å². The first-order valence-electron chi connectivity index (χ1n) is 16.9. The van der Waals surface area contributed by atoms with Gasteiger partial charge in [0.2, 0.25) is 11.9 Å². The summed E-state index contributed by atoms with van der Waals surface area (Å²) in [6.45, 7) is 0. The predicted octanol–water partition coefficient (Wildman–Crippen LogP) is 9.89. The Bertz CT molecular complexity index is 2430. The van der Waals surface area contributed by atoms with Crippen molar-refractivity contribution in [2.45, 2.75) is 19.6 Å². The Morgan fingerprint density at radius 3 is 1.24 bits per heavy atom. The minimum Gasteiger partial charge on any atom is -0.368 e. The van der Waals surface area contributed by atoms with Gasteiger partial charge in [-0.15, -0.1) is 0 Å². The molecular formula is C40H28ClF3N12S2. The third kappa shape index (κ3) is 10.3. The summed E-state index contributed by atoms with van der Waals surface area (Å²) in [5.41, 5.74) is 15.1. The summed E-state index contributed by atoms with van der Waals surface area (Å²) < 4.78 is 43.8. The van der Waals surface area contributed by atoms with Crippen LogP contribution in [-0.2, 0) is 0 Å². The molecule has 0 saturated heterocycles. The highest BCUT2D eigenvalue weighted by atomic mass is 35.5. The smallest absolute Gasteiger partial charge is 0.222 e. The van der Waals surface area contributed by atoms with E-state index in [9.17, 15) is 13.2 Å². The Morgan fingerprint density at radius 1 is 0.466 bits per heavy atom. The van der Waals surface area contributed by atoms with Crippen LogP contribution in [0.3, 0.4) is 0 Å². The molecule has 0 spiro atoms. The minimum atomic E-state index is -0.689. The lowest BCUT2D eigenvalue weighted by atomic mass is 10.2. The molecule has 8 aromatic rings. The van der Waals surface area contributed by atoms with Crippen molar-refractivity contribution < 1.29 is 13.2 Å². The average Bonchev–Trinajstić information content (AvgIpc) is 3.22. The molecular weight excluding hydrogens is 805 g/mol. The molecule has 0 bridgehead atoms. The summed E-state index contributed by atoms with van der Waals surface area (Å²) in [5, 5.41) is 6.20. The Hall–Kier alpha value is -6.82. The quantitative estimate of drug-likeness (QED) is 0.102. The van der Waals surface area contributed by atoms with Crippen LogP contribution in [0.15, 0.2) is 154 Å². The number of anilines is 6. The van der Waals surface area contributed by atoms with E-state index in [-0.39, 0.29) is 27.5 Å². The molecule has 0 saturated carbocycles. The Kier molecular flexibility index (Phi) is 12.5. The van der Waals surface area contributed by atoms with E-state index in [4.69, 9.17) is 23.1 Å². The molecule has 6 heterocycles. The molecule has 12 nitrogen and oxygen atoms in total. The molecule has 18 heteroatoms. The molecule has 8 rings (SSSR count). The Labute approximate surface area is 342 Å². The molecule has 6 N–H and O–H groups in total. The lowest BCUT2D eigenvalue weighted by Gasteiger charge is -2.11. The van der Waals surface area contributed by atoms with Crippen molar-refractivity contribution in [3.05, 3.63) is 157 Å². The van der Waals surface area contributed by atoms with E-state index in [1.165, 1.54) is 30.0 Å². The third-order valence-electron chi connectivity index (χ3n) is 7.72. The van der Waals surface area contributed by atoms with Crippen molar-refractivity contribution in [3.8, 4) is 22.5 Å². The highest BCUT2D eigenvalue weighted by Gasteiger charge is 2.15. The Balaban J connectivity index is 0.000000177. The number of nitrogens with two attached hydrogens (primary N) is 2. The number of hydrogen-bond donors (Lipinski definition) is 4. The molecule has 0 atom stereocenters. The van der Waals surface area contributed by atoms with Crippen molar-refractivity contribution in [2.75, 3.05) is 22.1 Å². The number of rotatable bonds is 10. The van der Waals surface area contributed by atoms with Gasteiger partial charge in [0.25, 0.3) is 0 Å². The zero-order valence-corrected chi connectivity index (χ0v) is 32.2. The normalized spacial score (nSPS) is 10.7. The van der Waals surface area contributed by atoms with Crippen molar-refractivity contribution >= 4 is 70.0 Å². The molecule has 0 fully saturated rings. The first kappa shape index (κ1) is 39.4. The van der Waals surface area contributed by atoms with E-state index in [0.29, 0.717) is 38.5 Å². The zero-order chi connectivity index (χ0) is 40.4. The largest absolute Gasteiger partial charge is 0.368 e. The van der Waals surface area contributed by atoms with Gasteiger partial charge in [-0.3, -0.25) is 19.9 Å². The fourth-order valence-corrected chi connectivity index (χ4v) is 7.14. The molecule has 288 valence electrons. The van der Waals surface area contributed by atoms with Gasteiger partial charge < -0.3 is 22.1 Å². The topological polar surface area (TPSA) is 179 Å². The van der Waals surface area contributed by atoms with Gasteiger partial charge in [0, 0.05) is 94.0 Å². The molecule has 0 amide bonds. The molecule has 58 heavy (non-hydrogen) atoms. The summed E-state index contributed by atoms with van der Waals surface area (Å²) in [7, 11) is 0. The van der Waals surface area contributed by atoms with Gasteiger partial charge in [-0.1, -0.05) is 35.1 Å². The average molecular weight is 833 g/mol. The summed E-state index contributed by atoms with van der Waals surface area (Å²) in [6.07, 6.45) is 13.0. The molecule has 0 radical (unpaired) electrons. The lowest BCUT2D eigenvalue weighted by molar-refractivity contribution is 0.541.